The zero-order chi connectivity index (χ0) is 23.0. The molecule has 0 radical (unpaired) electrons. The molecule has 1 atom stereocenters. The number of furan rings is 1. The van der Waals surface area contributed by atoms with E-state index in [0.29, 0.717) is 49.0 Å². The summed E-state index contributed by atoms with van der Waals surface area (Å²) in [4.78, 5) is 27.2. The molecule has 3 aromatic rings. The first kappa shape index (κ1) is 21.6. The van der Waals surface area contributed by atoms with Crippen LogP contribution in [0.2, 0.25) is 5.02 Å². The predicted octanol–water partition coefficient (Wildman–Crippen LogP) is 3.10. The highest BCUT2D eigenvalue weighted by Crippen LogP contribution is 2.36. The average molecular weight is 469 g/mol. The summed E-state index contributed by atoms with van der Waals surface area (Å²) in [6.45, 7) is 1.61. The number of fused-ring (bicyclic) bond motifs is 2. The highest BCUT2D eigenvalue weighted by atomic mass is 35.5. The number of anilines is 1. The van der Waals surface area contributed by atoms with Crippen LogP contribution in [0.5, 0.6) is 5.75 Å². The molecule has 172 valence electrons. The van der Waals surface area contributed by atoms with Crippen LogP contribution in [0.1, 0.15) is 18.6 Å². The van der Waals surface area contributed by atoms with Crippen molar-refractivity contribution in [1.82, 2.24) is 10.2 Å². The molecule has 3 heterocycles. The predicted molar refractivity (Wildman–Crippen MR) is 125 cm³/mol. The van der Waals surface area contributed by atoms with Crippen LogP contribution in [0.4, 0.5) is 5.69 Å². The summed E-state index contributed by atoms with van der Waals surface area (Å²) >= 11 is 6.02. The highest BCUT2D eigenvalue weighted by molar-refractivity contribution is 6.31. The Morgan fingerprint density at radius 2 is 1.97 bits per heavy atom. The molecule has 0 spiro atoms. The van der Waals surface area contributed by atoms with Crippen LogP contribution < -0.4 is 21.1 Å². The lowest BCUT2D eigenvalue weighted by atomic mass is 9.93. The number of piperidine rings is 1. The van der Waals surface area contributed by atoms with Crippen molar-refractivity contribution in [3.8, 4) is 5.75 Å². The largest absolute Gasteiger partial charge is 0.459 e. The standard InChI is InChI=1S/C24H25ClN4O4/c25-17-5-6-20-16(11-17)12-18(32-20)13-27-22(30)15-7-9-29(10-8-15)24(23(26)31)14-28-19-3-1-2-4-21(19)33-24/h1-6,11-12,15,28H,7-10,13-14H2,(H2,26,31)(H,27,30). The number of benzene rings is 2. The van der Waals surface area contributed by atoms with Gasteiger partial charge in [-0.15, -0.1) is 0 Å². The number of nitrogens with one attached hydrogen (secondary N) is 2. The molecule has 1 saturated heterocycles. The number of hydrogen-bond donors (Lipinski definition) is 3. The average Bonchev–Trinajstić information content (AvgIpc) is 3.24. The summed E-state index contributed by atoms with van der Waals surface area (Å²) in [6, 6.07) is 14.8. The van der Waals surface area contributed by atoms with E-state index < -0.39 is 11.6 Å². The van der Waals surface area contributed by atoms with Gasteiger partial charge in [0.15, 0.2) is 0 Å². The summed E-state index contributed by atoms with van der Waals surface area (Å²) in [5.74, 6) is 0.529. The van der Waals surface area contributed by atoms with E-state index >= 15 is 0 Å². The second-order valence-corrected chi connectivity index (χ2v) is 8.91. The Balaban J connectivity index is 1.20. The van der Waals surface area contributed by atoms with Gasteiger partial charge in [-0.2, -0.15) is 0 Å². The van der Waals surface area contributed by atoms with Crippen LogP contribution in [-0.2, 0) is 16.1 Å². The van der Waals surface area contributed by atoms with E-state index in [1.165, 1.54) is 0 Å². The Bertz CT molecular complexity index is 1200. The van der Waals surface area contributed by atoms with Crippen LogP contribution in [0, 0.1) is 5.92 Å². The van der Waals surface area contributed by atoms with Crippen molar-refractivity contribution in [3.05, 3.63) is 59.3 Å². The van der Waals surface area contributed by atoms with E-state index in [9.17, 15) is 9.59 Å². The van der Waals surface area contributed by atoms with E-state index in [1.54, 1.807) is 6.07 Å². The topological polar surface area (TPSA) is 110 Å². The summed E-state index contributed by atoms with van der Waals surface area (Å²) in [5.41, 5.74) is 6.08. The minimum atomic E-state index is -1.27. The minimum absolute atomic E-state index is 0.0331. The molecule has 8 nitrogen and oxygen atoms in total. The third-order valence-electron chi connectivity index (χ3n) is 6.41. The summed E-state index contributed by atoms with van der Waals surface area (Å²) in [6.07, 6.45) is 1.20. The van der Waals surface area contributed by atoms with Crippen molar-refractivity contribution >= 4 is 40.1 Å². The van der Waals surface area contributed by atoms with Gasteiger partial charge in [-0.25, -0.2) is 0 Å². The van der Waals surface area contributed by atoms with E-state index in [4.69, 9.17) is 26.5 Å². The molecule has 2 aromatic carbocycles. The number of carbonyl (C=O) groups excluding carboxylic acids is 2. The fourth-order valence-electron chi connectivity index (χ4n) is 4.58. The van der Waals surface area contributed by atoms with E-state index in [1.807, 2.05) is 47.4 Å². The monoisotopic (exact) mass is 468 g/mol. The molecule has 2 aliphatic heterocycles. The molecule has 0 aliphatic carbocycles. The van der Waals surface area contributed by atoms with Crippen LogP contribution in [0.15, 0.2) is 52.9 Å². The quantitative estimate of drug-likeness (QED) is 0.530. The van der Waals surface area contributed by atoms with Crippen molar-refractivity contribution in [2.45, 2.75) is 25.1 Å². The third-order valence-corrected chi connectivity index (χ3v) is 6.65. The lowest BCUT2D eigenvalue weighted by molar-refractivity contribution is -0.155. The van der Waals surface area contributed by atoms with Gasteiger partial charge in [0.25, 0.3) is 11.6 Å². The molecular weight excluding hydrogens is 444 g/mol. The molecule has 2 aliphatic rings. The molecule has 9 heteroatoms. The van der Waals surface area contributed by atoms with Crippen molar-refractivity contribution < 1.29 is 18.7 Å². The second kappa shape index (κ2) is 8.61. The number of nitrogens with two attached hydrogens (primary N) is 1. The van der Waals surface area contributed by atoms with Crippen molar-refractivity contribution in [3.63, 3.8) is 0 Å². The number of amides is 2. The van der Waals surface area contributed by atoms with Gasteiger partial charge in [0.1, 0.15) is 17.1 Å². The Kier molecular flexibility index (Phi) is 5.64. The first-order valence-corrected chi connectivity index (χ1v) is 11.3. The fraction of sp³-hybridized carbons (Fsp3) is 0.333. The van der Waals surface area contributed by atoms with Gasteiger partial charge in [-0.1, -0.05) is 23.7 Å². The van der Waals surface area contributed by atoms with Gasteiger partial charge < -0.3 is 25.5 Å². The molecule has 0 bridgehead atoms. The van der Waals surface area contributed by atoms with Gasteiger partial charge in [-0.3, -0.25) is 14.5 Å². The minimum Gasteiger partial charge on any atom is -0.459 e. The van der Waals surface area contributed by atoms with Crippen molar-refractivity contribution in [2.75, 3.05) is 25.0 Å². The second-order valence-electron chi connectivity index (χ2n) is 8.47. The molecule has 1 aromatic heterocycles. The summed E-state index contributed by atoms with van der Waals surface area (Å²) < 4.78 is 11.9. The van der Waals surface area contributed by atoms with Gasteiger partial charge in [0.2, 0.25) is 5.91 Å². The number of para-hydroxylation sites is 2. The number of rotatable bonds is 5. The zero-order valence-electron chi connectivity index (χ0n) is 18.0. The maximum absolute atomic E-state index is 12.8. The van der Waals surface area contributed by atoms with Crippen LogP contribution in [-0.4, -0.2) is 42.1 Å². The summed E-state index contributed by atoms with van der Waals surface area (Å²) in [5, 5.41) is 7.76. The first-order valence-electron chi connectivity index (χ1n) is 11.0. The van der Waals surface area contributed by atoms with Gasteiger partial charge >= 0.3 is 0 Å². The Morgan fingerprint density at radius 1 is 1.18 bits per heavy atom. The highest BCUT2D eigenvalue weighted by Gasteiger charge is 2.49. The number of nitrogens with zero attached hydrogens (tertiary/aromatic N) is 1. The third kappa shape index (κ3) is 4.12. The Hall–Kier alpha value is -3.23. The normalized spacial score (nSPS) is 21.1. The number of halogens is 1. The molecular formula is C24H25ClN4O4. The van der Waals surface area contributed by atoms with Gasteiger partial charge in [-0.05, 0) is 49.2 Å². The molecule has 1 unspecified atom stereocenters. The number of ether oxygens (including phenoxy) is 1. The number of carbonyl (C=O) groups is 2. The maximum atomic E-state index is 12.8. The van der Waals surface area contributed by atoms with Gasteiger partial charge in [0, 0.05) is 29.4 Å². The van der Waals surface area contributed by atoms with E-state index in [-0.39, 0.29) is 18.4 Å². The molecule has 2 amide bonds. The fourth-order valence-corrected chi connectivity index (χ4v) is 4.76. The SMILES string of the molecule is NC(=O)C1(N2CCC(C(=O)NCc3cc4cc(Cl)ccc4o3)CC2)CNc2ccccc2O1. The lowest BCUT2D eigenvalue weighted by Gasteiger charge is -2.46. The van der Waals surface area contributed by atoms with Crippen LogP contribution >= 0.6 is 11.6 Å². The molecule has 0 saturated carbocycles. The van der Waals surface area contributed by atoms with Crippen molar-refractivity contribution in [2.24, 2.45) is 11.7 Å². The van der Waals surface area contributed by atoms with Crippen LogP contribution in [0.3, 0.4) is 0 Å². The number of hydrogen-bond acceptors (Lipinski definition) is 6. The molecule has 5 rings (SSSR count). The Morgan fingerprint density at radius 3 is 2.76 bits per heavy atom. The van der Waals surface area contributed by atoms with E-state index in [2.05, 4.69) is 10.6 Å². The van der Waals surface area contributed by atoms with Gasteiger partial charge in [0.05, 0.1) is 18.8 Å². The van der Waals surface area contributed by atoms with Crippen LogP contribution in [0.25, 0.3) is 11.0 Å². The molecule has 4 N–H and O–H groups in total. The number of likely N-dealkylation sites (tertiary alicyclic amines) is 1. The lowest BCUT2D eigenvalue weighted by Crippen LogP contribution is -2.68. The molecule has 33 heavy (non-hydrogen) atoms. The smallest absolute Gasteiger partial charge is 0.279 e. The zero-order valence-corrected chi connectivity index (χ0v) is 18.7. The first-order chi connectivity index (χ1) is 15.9. The summed E-state index contributed by atoms with van der Waals surface area (Å²) in [7, 11) is 0. The maximum Gasteiger partial charge on any atom is 0.279 e. The number of primary amides is 1. The van der Waals surface area contributed by atoms with Crippen molar-refractivity contribution in [1.29, 1.82) is 0 Å². The Labute approximate surface area is 196 Å². The molecule has 1 fully saturated rings. The van der Waals surface area contributed by atoms with E-state index in [0.717, 1.165) is 16.7 Å².